The number of likely N-dealkylation sites (tertiary alicyclic amines) is 1. The summed E-state index contributed by atoms with van der Waals surface area (Å²) in [4.78, 5) is 18.5. The van der Waals surface area contributed by atoms with E-state index in [1.165, 1.54) is 0 Å². The molecular weight excluding hydrogens is 362 g/mol. The number of pyridine rings is 1. The highest BCUT2D eigenvalue weighted by atomic mass is 32.1. The normalized spacial score (nSPS) is 20.6. The average molecular weight is 388 g/mol. The van der Waals surface area contributed by atoms with Crippen molar-refractivity contribution >= 4 is 18.2 Å². The van der Waals surface area contributed by atoms with Crippen molar-refractivity contribution in [1.29, 1.82) is 0 Å². The van der Waals surface area contributed by atoms with Crippen molar-refractivity contribution in [1.82, 2.24) is 24.2 Å². The second-order valence-electron chi connectivity index (χ2n) is 7.25. The average Bonchev–Trinajstić information content (AvgIpc) is 3.48. The van der Waals surface area contributed by atoms with Crippen molar-refractivity contribution in [2.24, 2.45) is 5.92 Å². The van der Waals surface area contributed by atoms with Crippen LogP contribution in [0, 0.1) is 10.7 Å². The van der Waals surface area contributed by atoms with Gasteiger partial charge in [-0.1, -0.05) is 0 Å². The molecule has 2 fully saturated rings. The van der Waals surface area contributed by atoms with Crippen LogP contribution in [-0.4, -0.2) is 49.9 Å². The van der Waals surface area contributed by atoms with E-state index < -0.39 is 0 Å². The third-order valence-corrected chi connectivity index (χ3v) is 5.59. The molecule has 2 aromatic rings. The van der Waals surface area contributed by atoms with E-state index in [2.05, 4.69) is 14.5 Å². The van der Waals surface area contributed by atoms with E-state index in [1.807, 2.05) is 23.7 Å². The molecule has 144 valence electrons. The summed E-state index contributed by atoms with van der Waals surface area (Å²) >= 11 is 5.75. The zero-order valence-electron chi connectivity index (χ0n) is 15.6. The molecule has 0 unspecified atom stereocenters. The largest absolute Gasteiger partial charge is 0.466 e. The molecule has 27 heavy (non-hydrogen) atoms. The quantitative estimate of drug-likeness (QED) is 0.561. The first kappa shape index (κ1) is 18.3. The van der Waals surface area contributed by atoms with E-state index in [0.717, 1.165) is 48.4 Å². The van der Waals surface area contributed by atoms with Crippen molar-refractivity contribution in [3.63, 3.8) is 0 Å². The molecule has 1 saturated heterocycles. The molecule has 7 nitrogen and oxygen atoms in total. The maximum atomic E-state index is 12.1. The van der Waals surface area contributed by atoms with Gasteiger partial charge >= 0.3 is 5.97 Å². The zero-order chi connectivity index (χ0) is 18.8. The van der Waals surface area contributed by atoms with Crippen LogP contribution in [0.1, 0.15) is 38.6 Å². The Labute approximate surface area is 164 Å². The number of carbonyl (C=O) groups is 1. The highest BCUT2D eigenvalue weighted by Gasteiger charge is 2.31. The Morgan fingerprint density at radius 2 is 2.07 bits per heavy atom. The lowest BCUT2D eigenvalue weighted by atomic mass is 9.99. The third-order valence-electron chi connectivity index (χ3n) is 5.18. The highest BCUT2D eigenvalue weighted by molar-refractivity contribution is 7.71. The van der Waals surface area contributed by atoms with E-state index in [0.29, 0.717) is 25.9 Å². The van der Waals surface area contributed by atoms with Crippen molar-refractivity contribution in [2.75, 3.05) is 19.7 Å². The van der Waals surface area contributed by atoms with Crippen LogP contribution in [0.3, 0.4) is 0 Å². The monoisotopic (exact) mass is 387 g/mol. The summed E-state index contributed by atoms with van der Waals surface area (Å²) in [7, 11) is 0. The Morgan fingerprint density at radius 3 is 2.78 bits per heavy atom. The summed E-state index contributed by atoms with van der Waals surface area (Å²) in [5, 5.41) is 4.83. The Morgan fingerprint density at radius 1 is 1.30 bits per heavy atom. The van der Waals surface area contributed by atoms with E-state index >= 15 is 0 Å². The van der Waals surface area contributed by atoms with Crippen LogP contribution >= 0.6 is 12.2 Å². The molecule has 1 aliphatic carbocycles. The number of esters is 1. The highest BCUT2D eigenvalue weighted by Crippen LogP contribution is 2.38. The number of rotatable bonds is 6. The van der Waals surface area contributed by atoms with Crippen molar-refractivity contribution in [3.05, 3.63) is 29.3 Å². The molecular formula is C19H25N5O2S. The first-order chi connectivity index (χ1) is 13.2. The number of aromatic nitrogens is 4. The molecule has 0 aromatic carbocycles. The first-order valence-electron chi connectivity index (χ1n) is 9.66. The van der Waals surface area contributed by atoms with Gasteiger partial charge in [0, 0.05) is 30.5 Å². The summed E-state index contributed by atoms with van der Waals surface area (Å²) in [5.41, 5.74) is 1.03. The molecule has 0 bridgehead atoms. The van der Waals surface area contributed by atoms with E-state index in [4.69, 9.17) is 22.1 Å². The fraction of sp³-hybridized carbons (Fsp3) is 0.579. The molecule has 3 heterocycles. The van der Waals surface area contributed by atoms with Crippen LogP contribution in [0.15, 0.2) is 24.5 Å². The molecule has 1 aliphatic heterocycles. The second-order valence-corrected chi connectivity index (χ2v) is 7.62. The van der Waals surface area contributed by atoms with Crippen molar-refractivity contribution < 1.29 is 9.53 Å². The molecule has 1 atom stereocenters. The Kier molecular flexibility index (Phi) is 5.36. The molecule has 2 aliphatic rings. The fourth-order valence-corrected chi connectivity index (χ4v) is 4.03. The lowest BCUT2D eigenvalue weighted by Crippen LogP contribution is -2.40. The predicted molar refractivity (Wildman–Crippen MR) is 103 cm³/mol. The van der Waals surface area contributed by atoms with Crippen LogP contribution in [0.25, 0.3) is 11.4 Å². The lowest BCUT2D eigenvalue weighted by Gasteiger charge is -2.31. The van der Waals surface area contributed by atoms with Gasteiger partial charge in [-0.05, 0) is 63.5 Å². The van der Waals surface area contributed by atoms with Gasteiger partial charge in [-0.15, -0.1) is 0 Å². The topological polar surface area (TPSA) is 65.2 Å². The summed E-state index contributed by atoms with van der Waals surface area (Å²) in [6.07, 6.45) is 7.72. The molecule has 4 rings (SSSR count). The number of ether oxygens (including phenoxy) is 1. The van der Waals surface area contributed by atoms with Gasteiger partial charge in [0.1, 0.15) is 0 Å². The van der Waals surface area contributed by atoms with Crippen LogP contribution in [0.2, 0.25) is 0 Å². The summed E-state index contributed by atoms with van der Waals surface area (Å²) in [5.74, 6) is 0.758. The van der Waals surface area contributed by atoms with Gasteiger partial charge in [0.25, 0.3) is 0 Å². The van der Waals surface area contributed by atoms with Crippen molar-refractivity contribution in [2.45, 2.75) is 45.3 Å². The summed E-state index contributed by atoms with van der Waals surface area (Å²) < 4.78 is 10.0. The number of hydrogen-bond donors (Lipinski definition) is 0. The maximum absolute atomic E-state index is 12.1. The van der Waals surface area contributed by atoms with E-state index in [-0.39, 0.29) is 11.9 Å². The van der Waals surface area contributed by atoms with Gasteiger partial charge in [0.05, 0.1) is 19.2 Å². The van der Waals surface area contributed by atoms with E-state index in [9.17, 15) is 4.79 Å². The number of hydrogen-bond acceptors (Lipinski definition) is 6. The molecule has 2 aromatic heterocycles. The molecule has 0 amide bonds. The number of piperidine rings is 1. The van der Waals surface area contributed by atoms with Gasteiger partial charge < -0.3 is 4.74 Å². The Balaban J connectivity index is 1.56. The van der Waals surface area contributed by atoms with Gasteiger partial charge in [-0.2, -0.15) is 5.10 Å². The lowest BCUT2D eigenvalue weighted by molar-refractivity contribution is -0.150. The van der Waals surface area contributed by atoms with Gasteiger partial charge in [-0.3, -0.25) is 19.2 Å². The molecule has 1 saturated carbocycles. The Bertz CT molecular complexity index is 859. The molecule has 8 heteroatoms. The van der Waals surface area contributed by atoms with Crippen LogP contribution < -0.4 is 0 Å². The van der Waals surface area contributed by atoms with Gasteiger partial charge in [0.2, 0.25) is 0 Å². The maximum Gasteiger partial charge on any atom is 0.310 e. The second kappa shape index (κ2) is 7.90. The minimum atomic E-state index is -0.0909. The molecule has 0 spiro atoms. The van der Waals surface area contributed by atoms with Crippen molar-refractivity contribution in [3.8, 4) is 11.4 Å². The summed E-state index contributed by atoms with van der Waals surface area (Å²) in [6.45, 7) is 4.52. The zero-order valence-corrected chi connectivity index (χ0v) is 16.4. The first-order valence-corrected chi connectivity index (χ1v) is 10.1. The van der Waals surface area contributed by atoms with Gasteiger partial charge in [-0.25, -0.2) is 4.68 Å². The summed E-state index contributed by atoms with van der Waals surface area (Å²) in [6, 6.07) is 4.39. The SMILES string of the molecule is CCOC(=O)[C@H]1CCCN(Cn2nc(-c3ccncc3)n(C3CC3)c2=S)C1. The van der Waals surface area contributed by atoms with Crippen LogP contribution in [0.5, 0.6) is 0 Å². The Hall–Kier alpha value is -2.06. The predicted octanol–water partition coefficient (Wildman–Crippen LogP) is 3.04. The molecule has 0 radical (unpaired) electrons. The van der Waals surface area contributed by atoms with Crippen LogP contribution in [0.4, 0.5) is 0 Å². The van der Waals surface area contributed by atoms with Gasteiger partial charge in [0.15, 0.2) is 10.6 Å². The standard InChI is InChI=1S/C19H25N5O2S/c1-2-26-18(25)15-4-3-11-22(12-15)13-23-19(27)24(16-5-6-16)17(21-23)14-7-9-20-10-8-14/h7-10,15-16H,2-6,11-13H2,1H3/t15-/m0/s1. The minimum absolute atomic E-state index is 0.0574. The molecule has 0 N–H and O–H groups in total. The number of nitrogens with zero attached hydrogens (tertiary/aromatic N) is 5. The van der Waals surface area contributed by atoms with Crippen LogP contribution in [-0.2, 0) is 16.2 Å². The minimum Gasteiger partial charge on any atom is -0.466 e. The smallest absolute Gasteiger partial charge is 0.310 e. The third kappa shape index (κ3) is 3.96. The fourth-order valence-electron chi connectivity index (χ4n) is 3.70. The number of carbonyl (C=O) groups excluding carboxylic acids is 1. The van der Waals surface area contributed by atoms with E-state index in [1.54, 1.807) is 12.4 Å².